The Morgan fingerprint density at radius 1 is 1.11 bits per heavy atom. The van der Waals surface area contributed by atoms with E-state index in [0.29, 0.717) is 10.6 Å². The Morgan fingerprint density at radius 3 is 2.56 bits per heavy atom. The first kappa shape index (κ1) is 18.1. The van der Waals surface area contributed by atoms with Gasteiger partial charge in [0.25, 0.3) is 0 Å². The van der Waals surface area contributed by atoms with Crippen LogP contribution in [0.15, 0.2) is 48.2 Å². The van der Waals surface area contributed by atoms with E-state index in [-0.39, 0.29) is 11.9 Å². The van der Waals surface area contributed by atoms with Crippen LogP contribution in [0, 0.1) is 12.3 Å². The molecule has 0 aromatic heterocycles. The monoisotopic (exact) mass is 382 g/mol. The lowest BCUT2D eigenvalue weighted by atomic mass is 9.69. The Balaban J connectivity index is 1.84. The molecule has 4 heteroatoms. The average Bonchev–Trinajstić information content (AvgIpc) is 2.65. The summed E-state index contributed by atoms with van der Waals surface area (Å²) < 4.78 is 5.77. The zero-order chi connectivity index (χ0) is 19.2. The summed E-state index contributed by atoms with van der Waals surface area (Å²) in [5, 5.41) is 11.8. The third kappa shape index (κ3) is 3.04. The van der Waals surface area contributed by atoms with E-state index >= 15 is 0 Å². The first-order chi connectivity index (χ1) is 12.9. The van der Waals surface area contributed by atoms with Crippen molar-refractivity contribution in [3.05, 3.63) is 64.4 Å². The second-order valence-corrected chi connectivity index (χ2v) is 8.25. The molecule has 4 rings (SSSR count). The highest BCUT2D eigenvalue weighted by molar-refractivity contribution is 6.30. The molecular weight excluding hydrogens is 360 g/mol. The highest BCUT2D eigenvalue weighted by atomic mass is 35.5. The zero-order valence-corrected chi connectivity index (χ0v) is 16.3. The average molecular weight is 383 g/mol. The van der Waals surface area contributed by atoms with Crippen LogP contribution in [0.3, 0.4) is 0 Å². The lowest BCUT2D eigenvalue weighted by molar-refractivity contribution is -0.154. The molecule has 1 N–H and O–H groups in total. The number of hydrogen-bond donors (Lipinski definition) is 1. The van der Waals surface area contributed by atoms with Gasteiger partial charge in [-0.15, -0.1) is 0 Å². The smallest absolute Gasteiger partial charge is 0.342 e. The van der Waals surface area contributed by atoms with Crippen LogP contribution in [-0.2, 0) is 9.53 Å². The molecule has 0 amide bonds. The number of ether oxygens (including phenoxy) is 1. The molecule has 1 heterocycles. The van der Waals surface area contributed by atoms with Crippen molar-refractivity contribution in [2.45, 2.75) is 45.6 Å². The molecule has 1 unspecified atom stereocenters. The van der Waals surface area contributed by atoms with Gasteiger partial charge >= 0.3 is 5.97 Å². The molecule has 3 nitrogen and oxygen atoms in total. The van der Waals surface area contributed by atoms with Crippen molar-refractivity contribution in [2.24, 2.45) is 5.41 Å². The van der Waals surface area contributed by atoms with Crippen LogP contribution in [0.2, 0.25) is 5.02 Å². The van der Waals surface area contributed by atoms with Crippen molar-refractivity contribution in [2.75, 3.05) is 0 Å². The van der Waals surface area contributed by atoms with Crippen LogP contribution in [0.5, 0.6) is 0 Å². The van der Waals surface area contributed by atoms with Crippen molar-refractivity contribution >= 4 is 23.1 Å². The van der Waals surface area contributed by atoms with Gasteiger partial charge < -0.3 is 9.84 Å². The van der Waals surface area contributed by atoms with Gasteiger partial charge in [-0.25, -0.2) is 4.79 Å². The molecule has 2 aliphatic rings. The number of halogens is 1. The second-order valence-electron chi connectivity index (χ2n) is 7.82. The van der Waals surface area contributed by atoms with Crippen molar-refractivity contribution in [3.63, 3.8) is 0 Å². The van der Waals surface area contributed by atoms with Gasteiger partial charge in [0.1, 0.15) is 17.4 Å². The highest BCUT2D eigenvalue weighted by Crippen LogP contribution is 2.49. The lowest BCUT2D eigenvalue weighted by Gasteiger charge is -2.44. The third-order valence-corrected chi connectivity index (χ3v) is 6.29. The van der Waals surface area contributed by atoms with Gasteiger partial charge in [-0.1, -0.05) is 42.3 Å². The summed E-state index contributed by atoms with van der Waals surface area (Å²) in [7, 11) is 0. The van der Waals surface area contributed by atoms with Crippen LogP contribution in [0.25, 0.3) is 16.7 Å². The minimum Gasteiger partial charge on any atom is -0.511 e. The maximum Gasteiger partial charge on any atom is 0.342 e. The van der Waals surface area contributed by atoms with Crippen molar-refractivity contribution in [1.82, 2.24) is 0 Å². The van der Waals surface area contributed by atoms with E-state index in [1.54, 1.807) is 0 Å². The molecule has 1 saturated carbocycles. The molecule has 1 aliphatic carbocycles. The van der Waals surface area contributed by atoms with Crippen LogP contribution in [0.4, 0.5) is 0 Å². The Morgan fingerprint density at radius 2 is 1.81 bits per heavy atom. The van der Waals surface area contributed by atoms with E-state index in [4.69, 9.17) is 16.3 Å². The predicted molar refractivity (Wildman–Crippen MR) is 108 cm³/mol. The van der Waals surface area contributed by atoms with Gasteiger partial charge in [0.2, 0.25) is 0 Å². The van der Waals surface area contributed by atoms with Gasteiger partial charge in [0.05, 0.1) is 5.41 Å². The number of carbonyl (C=O) groups excluding carboxylic acids is 1. The minimum atomic E-state index is -0.496. The summed E-state index contributed by atoms with van der Waals surface area (Å²) in [5.41, 5.74) is 3.45. The second kappa shape index (κ2) is 6.72. The summed E-state index contributed by atoms with van der Waals surface area (Å²) in [4.78, 5) is 12.8. The summed E-state index contributed by atoms with van der Waals surface area (Å²) >= 11 is 5.99. The van der Waals surface area contributed by atoms with Gasteiger partial charge in [-0.05, 0) is 73.6 Å². The van der Waals surface area contributed by atoms with Crippen molar-refractivity contribution < 1.29 is 14.6 Å². The molecule has 27 heavy (non-hydrogen) atoms. The third-order valence-electron chi connectivity index (χ3n) is 6.04. The Kier molecular flexibility index (Phi) is 4.51. The molecule has 2 aromatic carbocycles. The number of hydrogen-bond acceptors (Lipinski definition) is 3. The van der Waals surface area contributed by atoms with E-state index in [1.807, 2.05) is 56.3 Å². The molecule has 140 valence electrons. The molecule has 0 saturated heterocycles. The number of aliphatic hydroxyl groups is 1. The standard InChI is InChI=1S/C23H23ClO3/c1-14-6-7-16(15-8-10-17(24)11-9-15)13-18(14)20-21(25)23(2)12-4-3-5-19(23)27-22(20)26/h6-11,13,19,25H,3-5,12H2,1-2H3/t19?,23-/m0/s1. The van der Waals surface area contributed by atoms with Crippen LogP contribution < -0.4 is 0 Å². The summed E-state index contributed by atoms with van der Waals surface area (Å²) in [6.07, 6.45) is 3.47. The molecule has 2 aromatic rings. The topological polar surface area (TPSA) is 46.5 Å². The largest absolute Gasteiger partial charge is 0.511 e. The molecule has 0 radical (unpaired) electrons. The Bertz CT molecular complexity index is 929. The first-order valence-corrected chi connectivity index (χ1v) is 9.79. The fraction of sp³-hybridized carbons (Fsp3) is 0.348. The van der Waals surface area contributed by atoms with E-state index < -0.39 is 11.4 Å². The number of fused-ring (bicyclic) bond motifs is 1. The van der Waals surface area contributed by atoms with E-state index in [1.165, 1.54) is 0 Å². The molecule has 0 spiro atoms. The molecule has 2 atom stereocenters. The zero-order valence-electron chi connectivity index (χ0n) is 15.6. The maximum absolute atomic E-state index is 12.8. The summed E-state index contributed by atoms with van der Waals surface area (Å²) in [6, 6.07) is 13.5. The van der Waals surface area contributed by atoms with Gasteiger partial charge in [-0.3, -0.25) is 0 Å². The quantitative estimate of drug-likeness (QED) is 0.639. The number of rotatable bonds is 2. The Hall–Kier alpha value is -2.26. The van der Waals surface area contributed by atoms with Crippen LogP contribution in [0.1, 0.15) is 43.7 Å². The molecule has 1 fully saturated rings. The molecular formula is C23H23ClO3. The van der Waals surface area contributed by atoms with Crippen molar-refractivity contribution in [1.29, 1.82) is 0 Å². The lowest BCUT2D eigenvalue weighted by Crippen LogP contribution is -2.45. The number of aryl methyl sites for hydroxylation is 1. The van der Waals surface area contributed by atoms with Gasteiger partial charge in [0.15, 0.2) is 0 Å². The van der Waals surface area contributed by atoms with Crippen LogP contribution >= 0.6 is 11.6 Å². The van der Waals surface area contributed by atoms with Gasteiger partial charge in [0, 0.05) is 5.02 Å². The predicted octanol–water partition coefficient (Wildman–Crippen LogP) is 6.09. The fourth-order valence-corrected chi connectivity index (χ4v) is 4.41. The number of benzene rings is 2. The highest BCUT2D eigenvalue weighted by Gasteiger charge is 2.49. The number of aliphatic hydroxyl groups excluding tert-OH is 1. The first-order valence-electron chi connectivity index (χ1n) is 9.42. The van der Waals surface area contributed by atoms with Crippen molar-refractivity contribution in [3.8, 4) is 11.1 Å². The summed E-state index contributed by atoms with van der Waals surface area (Å²) in [5.74, 6) is -0.243. The van der Waals surface area contributed by atoms with E-state index in [2.05, 4.69) is 0 Å². The normalized spacial score (nSPS) is 25.1. The number of esters is 1. The molecule has 1 aliphatic heterocycles. The maximum atomic E-state index is 12.8. The fourth-order valence-electron chi connectivity index (χ4n) is 4.28. The number of carbonyl (C=O) groups is 1. The minimum absolute atomic E-state index is 0.180. The van der Waals surface area contributed by atoms with E-state index in [0.717, 1.165) is 47.9 Å². The molecule has 0 bridgehead atoms. The Labute approximate surface area is 164 Å². The van der Waals surface area contributed by atoms with Gasteiger partial charge in [-0.2, -0.15) is 0 Å². The van der Waals surface area contributed by atoms with E-state index in [9.17, 15) is 9.90 Å². The van der Waals surface area contributed by atoms with Crippen LogP contribution in [-0.4, -0.2) is 17.2 Å². The SMILES string of the molecule is Cc1ccc(-c2ccc(Cl)cc2)cc1C1=C(O)[C@@]2(C)CCCCC2OC1=O. The summed E-state index contributed by atoms with van der Waals surface area (Å²) in [6.45, 7) is 3.96.